The van der Waals surface area contributed by atoms with Crippen molar-refractivity contribution >= 4 is 11.9 Å². The lowest BCUT2D eigenvalue weighted by Gasteiger charge is -2.22. The lowest BCUT2D eigenvalue weighted by molar-refractivity contribution is -0.115. The van der Waals surface area contributed by atoms with Crippen LogP contribution in [-0.4, -0.2) is 53.1 Å². The van der Waals surface area contributed by atoms with Gasteiger partial charge in [0.2, 0.25) is 11.9 Å². The van der Waals surface area contributed by atoms with Crippen molar-refractivity contribution < 1.29 is 18.0 Å². The molecule has 0 aliphatic carbocycles. The molecule has 37 heavy (non-hydrogen) atoms. The van der Waals surface area contributed by atoms with Crippen molar-refractivity contribution in [1.82, 2.24) is 14.9 Å². The minimum absolute atomic E-state index is 0.0812. The summed E-state index contributed by atoms with van der Waals surface area (Å²) in [5.41, 5.74) is 12.0. The number of alkyl halides is 3. The zero-order valence-electron chi connectivity index (χ0n) is 20.6. The van der Waals surface area contributed by atoms with Crippen molar-refractivity contribution in [1.29, 1.82) is 0 Å². The number of carbonyl (C=O) groups is 1. The van der Waals surface area contributed by atoms with E-state index in [1.54, 1.807) is 0 Å². The Morgan fingerprint density at radius 3 is 2.24 bits per heavy atom. The van der Waals surface area contributed by atoms with E-state index in [2.05, 4.69) is 33.3 Å². The molecule has 6 N–H and O–H groups in total. The maximum Gasteiger partial charge on any atom is 0.415 e. The van der Waals surface area contributed by atoms with Crippen LogP contribution >= 0.6 is 0 Å². The molecule has 8 nitrogen and oxygen atoms in total. The van der Waals surface area contributed by atoms with Gasteiger partial charge in [0, 0.05) is 18.3 Å². The van der Waals surface area contributed by atoms with E-state index < -0.39 is 23.2 Å². The molecule has 11 heteroatoms. The number of anilines is 1. The molecule has 0 fully saturated rings. The van der Waals surface area contributed by atoms with Crippen LogP contribution in [0.5, 0.6) is 0 Å². The van der Waals surface area contributed by atoms with Gasteiger partial charge < -0.3 is 11.5 Å². The van der Waals surface area contributed by atoms with E-state index in [-0.39, 0.29) is 17.9 Å². The third kappa shape index (κ3) is 10.2. The van der Waals surface area contributed by atoms with Gasteiger partial charge in [0.25, 0.3) is 5.56 Å². The van der Waals surface area contributed by atoms with Crippen LogP contribution < -0.4 is 22.3 Å². The van der Waals surface area contributed by atoms with Crippen LogP contribution in [-0.2, 0) is 11.3 Å². The number of amides is 1. The lowest BCUT2D eigenvalue weighted by Crippen LogP contribution is -2.28. The first-order chi connectivity index (χ1) is 17.5. The monoisotopic (exact) mass is 518 g/mol. The molecule has 1 amide bonds. The molecule has 1 aromatic heterocycles. The van der Waals surface area contributed by atoms with E-state index >= 15 is 0 Å². The van der Waals surface area contributed by atoms with Crippen molar-refractivity contribution in [2.75, 3.05) is 31.5 Å². The normalized spacial score (nSPS) is 11.7. The Labute approximate surface area is 214 Å². The number of nitrogens with one attached hydrogen (secondary N) is 2. The largest absolute Gasteiger partial charge is 0.415 e. The minimum atomic E-state index is -4.56. The number of benzene rings is 1. The zero-order chi connectivity index (χ0) is 27.4. The highest BCUT2D eigenvalue weighted by Gasteiger charge is 2.29. The number of hydrogen-bond acceptors (Lipinski definition) is 6. The summed E-state index contributed by atoms with van der Waals surface area (Å²) in [6, 6.07) is 7.54. The van der Waals surface area contributed by atoms with E-state index in [0.29, 0.717) is 24.2 Å². The number of aromatic nitrogens is 2. The van der Waals surface area contributed by atoms with Crippen LogP contribution in [0, 0.1) is 0 Å². The summed E-state index contributed by atoms with van der Waals surface area (Å²) in [6.07, 6.45) is 0.0975. The summed E-state index contributed by atoms with van der Waals surface area (Å²) >= 11 is 0. The Hall–Kier alpha value is -3.54. The highest BCUT2D eigenvalue weighted by molar-refractivity contribution is 5.91. The second-order valence-electron chi connectivity index (χ2n) is 8.47. The molecule has 0 saturated carbocycles. The topological polar surface area (TPSA) is 130 Å². The van der Waals surface area contributed by atoms with Gasteiger partial charge in [-0.2, -0.15) is 13.2 Å². The van der Waals surface area contributed by atoms with Gasteiger partial charge in [0.1, 0.15) is 0 Å². The second-order valence-corrected chi connectivity index (χ2v) is 8.47. The molecule has 200 valence electrons. The molecule has 0 aliphatic heterocycles. The van der Waals surface area contributed by atoms with E-state index in [1.807, 2.05) is 24.3 Å². The summed E-state index contributed by atoms with van der Waals surface area (Å²) in [7, 11) is 0. The predicted molar refractivity (Wildman–Crippen MR) is 140 cm³/mol. The number of rotatable bonds is 14. The first kappa shape index (κ1) is 29.7. The molecular weight excluding hydrogens is 485 g/mol. The highest BCUT2D eigenvalue weighted by atomic mass is 19.4. The van der Waals surface area contributed by atoms with Gasteiger partial charge in [-0.3, -0.25) is 24.8 Å². The zero-order valence-corrected chi connectivity index (χ0v) is 20.6. The fraction of sp³-hybridized carbons (Fsp3) is 0.346. The van der Waals surface area contributed by atoms with E-state index in [1.165, 1.54) is 6.20 Å². The number of halogens is 3. The van der Waals surface area contributed by atoms with Crippen LogP contribution in [0.25, 0.3) is 11.1 Å². The number of nitrogens with two attached hydrogens (primary N) is 2. The molecule has 0 atom stereocenters. The molecule has 2 aromatic rings. The average molecular weight is 519 g/mol. The summed E-state index contributed by atoms with van der Waals surface area (Å²) < 4.78 is 37.4. The molecule has 1 aromatic carbocycles. The molecule has 0 unspecified atom stereocenters. The van der Waals surface area contributed by atoms with Crippen molar-refractivity contribution in [3.05, 3.63) is 82.8 Å². The summed E-state index contributed by atoms with van der Waals surface area (Å²) in [6.45, 7) is 10.2. The van der Waals surface area contributed by atoms with Crippen LogP contribution in [0.2, 0.25) is 0 Å². The SMILES string of the molecule is C=C(/C=C\C(=C)C(F)(F)F)CC(=O)Nc1ncc(-c2ccc(CN(CCCN)CCCN)cc2)c(=O)[nH]1. The van der Waals surface area contributed by atoms with Crippen molar-refractivity contribution in [3.8, 4) is 11.1 Å². The fourth-order valence-corrected chi connectivity index (χ4v) is 3.37. The first-order valence-electron chi connectivity index (χ1n) is 11.8. The molecule has 0 bridgehead atoms. The Morgan fingerprint density at radius 1 is 1.08 bits per heavy atom. The van der Waals surface area contributed by atoms with Gasteiger partial charge in [0.05, 0.1) is 12.0 Å². The van der Waals surface area contributed by atoms with Crippen molar-refractivity contribution in [2.24, 2.45) is 11.5 Å². The number of hydrogen-bond donors (Lipinski definition) is 4. The summed E-state index contributed by atoms with van der Waals surface area (Å²) in [5, 5.41) is 2.41. The van der Waals surface area contributed by atoms with Crippen molar-refractivity contribution in [3.63, 3.8) is 0 Å². The number of aromatic amines is 1. The predicted octanol–water partition coefficient (Wildman–Crippen LogP) is 3.50. The lowest BCUT2D eigenvalue weighted by atomic mass is 10.1. The first-order valence-corrected chi connectivity index (χ1v) is 11.8. The van der Waals surface area contributed by atoms with Gasteiger partial charge in [-0.25, -0.2) is 4.98 Å². The van der Waals surface area contributed by atoms with Gasteiger partial charge in [-0.15, -0.1) is 0 Å². The van der Waals surface area contributed by atoms with Gasteiger partial charge in [-0.05, 0) is 55.7 Å². The second kappa shape index (κ2) is 14.3. The smallest absolute Gasteiger partial charge is 0.330 e. The van der Waals surface area contributed by atoms with E-state index in [9.17, 15) is 22.8 Å². The Morgan fingerprint density at radius 2 is 1.70 bits per heavy atom. The number of allylic oxidation sites excluding steroid dienone is 3. The molecule has 2 rings (SSSR count). The van der Waals surface area contributed by atoms with Gasteiger partial charge >= 0.3 is 6.18 Å². The molecule has 0 saturated heterocycles. The minimum Gasteiger partial charge on any atom is -0.330 e. The number of carbonyl (C=O) groups excluding carboxylic acids is 1. The maximum atomic E-state index is 12.6. The van der Waals surface area contributed by atoms with Crippen LogP contribution in [0.3, 0.4) is 0 Å². The maximum absolute atomic E-state index is 12.6. The molecule has 1 heterocycles. The van der Waals surface area contributed by atoms with Crippen LogP contribution in [0.1, 0.15) is 24.8 Å². The average Bonchev–Trinajstić information content (AvgIpc) is 2.84. The molecular formula is C26H33F3N6O2. The highest BCUT2D eigenvalue weighted by Crippen LogP contribution is 2.25. The van der Waals surface area contributed by atoms with E-state index in [4.69, 9.17) is 11.5 Å². The number of nitrogens with zero attached hydrogens (tertiary/aromatic N) is 2. The Kier molecular flexibility index (Phi) is 11.4. The van der Waals surface area contributed by atoms with Crippen LogP contribution in [0.15, 0.2) is 71.7 Å². The summed E-state index contributed by atoms with van der Waals surface area (Å²) in [4.78, 5) is 33.6. The number of H-pyrrole nitrogens is 1. The van der Waals surface area contributed by atoms with Gasteiger partial charge in [0.15, 0.2) is 0 Å². The molecule has 0 radical (unpaired) electrons. The van der Waals surface area contributed by atoms with E-state index in [0.717, 1.165) is 50.2 Å². The quantitative estimate of drug-likeness (QED) is 0.283. The summed E-state index contributed by atoms with van der Waals surface area (Å²) in [5.74, 6) is -0.677. The Balaban J connectivity index is 2.00. The fourth-order valence-electron chi connectivity index (χ4n) is 3.37. The Bertz CT molecular complexity index is 1150. The standard InChI is InChI=1S/C26H33F3N6O2/c1-18(5-6-19(2)26(27,28)29)15-23(36)33-25-32-16-22(24(37)34-25)21-9-7-20(8-10-21)17-35(13-3-11-30)14-4-12-31/h5-10,16H,1-4,11-15,17,30-31H2,(H2,32,33,34,36,37)/b6-5-. The van der Waals surface area contributed by atoms with Crippen LogP contribution in [0.4, 0.5) is 19.1 Å². The third-order valence-corrected chi connectivity index (χ3v) is 5.36. The third-order valence-electron chi connectivity index (χ3n) is 5.36. The molecule has 0 aliphatic rings. The molecule has 0 spiro atoms. The van der Waals surface area contributed by atoms with Gasteiger partial charge in [-0.1, -0.05) is 49.6 Å². The van der Waals surface area contributed by atoms with Crippen molar-refractivity contribution in [2.45, 2.75) is 32.0 Å².